The molecule has 1 N–H and O–H groups in total. The molecular formula is C16H18ClNO. The lowest BCUT2D eigenvalue weighted by molar-refractivity contribution is 0.483. The molecular weight excluding hydrogens is 258 g/mol. The van der Waals surface area contributed by atoms with Crippen molar-refractivity contribution in [3.05, 3.63) is 46.4 Å². The fourth-order valence-corrected chi connectivity index (χ4v) is 2.53. The van der Waals surface area contributed by atoms with E-state index in [4.69, 9.17) is 16.0 Å². The van der Waals surface area contributed by atoms with Gasteiger partial charge < -0.3 is 9.73 Å². The topological polar surface area (TPSA) is 25.2 Å². The fourth-order valence-electron chi connectivity index (χ4n) is 2.31. The van der Waals surface area contributed by atoms with E-state index in [1.54, 1.807) is 6.26 Å². The van der Waals surface area contributed by atoms with E-state index in [0.717, 1.165) is 22.9 Å². The fraction of sp³-hybridized carbons (Fsp3) is 0.375. The van der Waals surface area contributed by atoms with Gasteiger partial charge in [0.05, 0.1) is 12.8 Å². The first-order valence-electron chi connectivity index (χ1n) is 6.72. The van der Waals surface area contributed by atoms with Crippen LogP contribution < -0.4 is 5.32 Å². The Balaban J connectivity index is 1.92. The second-order valence-corrected chi connectivity index (χ2v) is 5.74. The first-order chi connectivity index (χ1) is 9.15. The molecule has 1 aliphatic carbocycles. The van der Waals surface area contributed by atoms with Gasteiger partial charge in [0.25, 0.3) is 0 Å². The minimum atomic E-state index is 0.686. The van der Waals surface area contributed by atoms with Gasteiger partial charge in [-0.25, -0.2) is 0 Å². The summed E-state index contributed by atoms with van der Waals surface area (Å²) >= 11 is 6.16. The Bertz CT molecular complexity index is 599. The van der Waals surface area contributed by atoms with Crippen molar-refractivity contribution in [2.45, 2.75) is 39.3 Å². The molecule has 1 aromatic heterocycles. The number of benzene rings is 1. The molecule has 19 heavy (non-hydrogen) atoms. The standard InChI is InChI=1S/C16H18ClNO/c1-10-8-15(17)11(2)7-14(10)13-5-6-19-16(13)9-18-12-3-4-12/h5-8,12,18H,3-4,9H2,1-2H3. The highest BCUT2D eigenvalue weighted by Crippen LogP contribution is 2.32. The van der Waals surface area contributed by atoms with Crippen molar-refractivity contribution in [3.8, 4) is 11.1 Å². The Hall–Kier alpha value is -1.25. The van der Waals surface area contributed by atoms with Crippen LogP contribution in [-0.4, -0.2) is 6.04 Å². The van der Waals surface area contributed by atoms with E-state index in [1.165, 1.54) is 29.5 Å². The monoisotopic (exact) mass is 275 g/mol. The third kappa shape index (κ3) is 2.70. The third-order valence-electron chi connectivity index (χ3n) is 3.67. The number of halogens is 1. The van der Waals surface area contributed by atoms with E-state index in [9.17, 15) is 0 Å². The lowest BCUT2D eigenvalue weighted by Crippen LogP contribution is -2.15. The molecule has 3 rings (SSSR count). The van der Waals surface area contributed by atoms with Crippen LogP contribution in [0.4, 0.5) is 0 Å². The smallest absolute Gasteiger partial charge is 0.125 e. The Morgan fingerprint density at radius 2 is 2.00 bits per heavy atom. The van der Waals surface area contributed by atoms with E-state index in [0.29, 0.717) is 6.04 Å². The lowest BCUT2D eigenvalue weighted by atomic mass is 9.98. The minimum Gasteiger partial charge on any atom is -0.467 e. The van der Waals surface area contributed by atoms with Gasteiger partial charge in [-0.2, -0.15) is 0 Å². The van der Waals surface area contributed by atoms with Crippen LogP contribution in [0.2, 0.25) is 5.02 Å². The lowest BCUT2D eigenvalue weighted by Gasteiger charge is -2.09. The predicted octanol–water partition coefficient (Wildman–Crippen LogP) is 4.47. The predicted molar refractivity (Wildman–Crippen MR) is 78.5 cm³/mol. The average Bonchev–Trinajstić information content (AvgIpc) is 3.09. The largest absolute Gasteiger partial charge is 0.467 e. The average molecular weight is 276 g/mol. The summed E-state index contributed by atoms with van der Waals surface area (Å²) in [4.78, 5) is 0. The quantitative estimate of drug-likeness (QED) is 0.891. The van der Waals surface area contributed by atoms with Crippen LogP contribution in [0.5, 0.6) is 0 Å². The Kier molecular flexibility index (Phi) is 3.38. The van der Waals surface area contributed by atoms with Gasteiger partial charge in [-0.3, -0.25) is 0 Å². The summed E-state index contributed by atoms with van der Waals surface area (Å²) in [7, 11) is 0. The van der Waals surface area contributed by atoms with Gasteiger partial charge in [0.1, 0.15) is 5.76 Å². The van der Waals surface area contributed by atoms with Crippen molar-refractivity contribution >= 4 is 11.6 Å². The SMILES string of the molecule is Cc1cc(-c2ccoc2CNC2CC2)c(C)cc1Cl. The molecule has 1 aromatic carbocycles. The second kappa shape index (κ2) is 5.03. The molecule has 2 nitrogen and oxygen atoms in total. The van der Waals surface area contributed by atoms with E-state index >= 15 is 0 Å². The van der Waals surface area contributed by atoms with Gasteiger partial charge in [-0.1, -0.05) is 11.6 Å². The highest BCUT2D eigenvalue weighted by molar-refractivity contribution is 6.31. The van der Waals surface area contributed by atoms with Crippen LogP contribution in [-0.2, 0) is 6.54 Å². The summed E-state index contributed by atoms with van der Waals surface area (Å²) < 4.78 is 5.63. The first-order valence-corrected chi connectivity index (χ1v) is 7.10. The summed E-state index contributed by atoms with van der Waals surface area (Å²) in [6.45, 7) is 4.92. The van der Waals surface area contributed by atoms with Gasteiger partial charge in [0.15, 0.2) is 0 Å². The molecule has 1 saturated carbocycles. The molecule has 0 atom stereocenters. The molecule has 0 unspecified atom stereocenters. The first kappa shape index (κ1) is 12.8. The molecule has 100 valence electrons. The van der Waals surface area contributed by atoms with E-state index in [1.807, 2.05) is 19.1 Å². The maximum absolute atomic E-state index is 6.16. The number of furan rings is 1. The van der Waals surface area contributed by atoms with Crippen LogP contribution in [0.3, 0.4) is 0 Å². The summed E-state index contributed by atoms with van der Waals surface area (Å²) in [6.07, 6.45) is 4.34. The summed E-state index contributed by atoms with van der Waals surface area (Å²) in [5.74, 6) is 1.01. The van der Waals surface area contributed by atoms with Crippen molar-refractivity contribution in [1.82, 2.24) is 5.32 Å². The van der Waals surface area contributed by atoms with Crippen LogP contribution in [0, 0.1) is 13.8 Å². The molecule has 0 aliphatic heterocycles. The van der Waals surface area contributed by atoms with Crippen molar-refractivity contribution in [2.24, 2.45) is 0 Å². The molecule has 1 fully saturated rings. The van der Waals surface area contributed by atoms with Gasteiger partial charge in [-0.05, 0) is 61.6 Å². The van der Waals surface area contributed by atoms with Gasteiger partial charge in [-0.15, -0.1) is 0 Å². The van der Waals surface area contributed by atoms with Crippen molar-refractivity contribution < 1.29 is 4.42 Å². The second-order valence-electron chi connectivity index (χ2n) is 5.33. The van der Waals surface area contributed by atoms with Crippen molar-refractivity contribution in [1.29, 1.82) is 0 Å². The van der Waals surface area contributed by atoms with E-state index in [2.05, 4.69) is 18.3 Å². The van der Waals surface area contributed by atoms with Gasteiger partial charge in [0, 0.05) is 16.6 Å². The van der Waals surface area contributed by atoms with Gasteiger partial charge >= 0.3 is 0 Å². The zero-order valence-corrected chi connectivity index (χ0v) is 12.1. The molecule has 0 saturated heterocycles. The van der Waals surface area contributed by atoms with Crippen molar-refractivity contribution in [3.63, 3.8) is 0 Å². The van der Waals surface area contributed by atoms with Crippen molar-refractivity contribution in [2.75, 3.05) is 0 Å². The maximum Gasteiger partial charge on any atom is 0.125 e. The molecule has 0 bridgehead atoms. The molecule has 2 aromatic rings. The molecule has 3 heteroatoms. The Morgan fingerprint density at radius 3 is 2.74 bits per heavy atom. The highest BCUT2D eigenvalue weighted by Gasteiger charge is 2.21. The number of aryl methyl sites for hydroxylation is 2. The molecule has 0 radical (unpaired) electrons. The summed E-state index contributed by atoms with van der Waals surface area (Å²) in [6, 6.07) is 6.89. The zero-order chi connectivity index (χ0) is 13.4. The van der Waals surface area contributed by atoms with E-state index < -0.39 is 0 Å². The molecule has 0 spiro atoms. The van der Waals surface area contributed by atoms with E-state index in [-0.39, 0.29) is 0 Å². The zero-order valence-electron chi connectivity index (χ0n) is 11.3. The molecule has 1 aliphatic rings. The van der Waals surface area contributed by atoms with Crippen LogP contribution in [0.1, 0.15) is 29.7 Å². The number of hydrogen-bond donors (Lipinski definition) is 1. The Labute approximate surface area is 118 Å². The normalized spacial score (nSPS) is 14.9. The van der Waals surface area contributed by atoms with Gasteiger partial charge in [0.2, 0.25) is 0 Å². The number of hydrogen-bond acceptors (Lipinski definition) is 2. The number of rotatable bonds is 4. The van der Waals surface area contributed by atoms with Crippen LogP contribution in [0.25, 0.3) is 11.1 Å². The Morgan fingerprint density at radius 1 is 1.21 bits per heavy atom. The minimum absolute atomic E-state index is 0.686. The molecule has 1 heterocycles. The maximum atomic E-state index is 6.16. The van der Waals surface area contributed by atoms with Crippen LogP contribution >= 0.6 is 11.6 Å². The molecule has 0 amide bonds. The highest BCUT2D eigenvalue weighted by atomic mass is 35.5. The summed E-state index contributed by atoms with van der Waals surface area (Å²) in [5.41, 5.74) is 4.67. The van der Waals surface area contributed by atoms with Crippen LogP contribution in [0.15, 0.2) is 28.9 Å². The third-order valence-corrected chi connectivity index (χ3v) is 4.08. The number of nitrogens with one attached hydrogen (secondary N) is 1. The summed E-state index contributed by atoms with van der Waals surface area (Å²) in [5, 5.41) is 4.32.